The third-order valence-electron chi connectivity index (χ3n) is 3.48. The molecule has 20 heavy (non-hydrogen) atoms. The predicted octanol–water partition coefficient (Wildman–Crippen LogP) is 0.554. The van der Waals surface area contributed by atoms with Crippen LogP contribution >= 0.6 is 0 Å². The van der Waals surface area contributed by atoms with Crippen molar-refractivity contribution in [2.75, 3.05) is 13.2 Å². The fraction of sp³-hybridized carbons (Fsp3) is 0.385. The van der Waals surface area contributed by atoms with Crippen molar-refractivity contribution in [3.05, 3.63) is 42.0 Å². The Hall–Kier alpha value is -2.28. The molecule has 0 spiro atoms. The van der Waals surface area contributed by atoms with Gasteiger partial charge in [-0.15, -0.1) is 0 Å². The number of hydrogen-bond acceptors (Lipinski definition) is 5. The van der Waals surface area contributed by atoms with E-state index in [0.29, 0.717) is 36.7 Å². The number of ether oxygens (including phenoxy) is 1. The van der Waals surface area contributed by atoms with E-state index >= 15 is 0 Å². The average Bonchev–Trinajstić information content (AvgIpc) is 3.10. The van der Waals surface area contributed by atoms with Crippen molar-refractivity contribution in [3.63, 3.8) is 0 Å². The number of carbonyl (C=O) groups is 1. The van der Waals surface area contributed by atoms with Crippen molar-refractivity contribution in [2.24, 2.45) is 0 Å². The van der Waals surface area contributed by atoms with Crippen molar-refractivity contribution in [3.8, 4) is 0 Å². The van der Waals surface area contributed by atoms with E-state index in [2.05, 4.69) is 25.3 Å². The lowest BCUT2D eigenvalue weighted by Gasteiger charge is -2.26. The van der Waals surface area contributed by atoms with Crippen molar-refractivity contribution in [2.45, 2.75) is 18.9 Å². The molecule has 2 aromatic heterocycles. The molecule has 3 rings (SSSR count). The molecule has 1 fully saturated rings. The summed E-state index contributed by atoms with van der Waals surface area (Å²) in [7, 11) is 0. The van der Waals surface area contributed by atoms with Crippen LogP contribution in [0, 0.1) is 6.92 Å². The molecular weight excluding hydrogens is 258 g/mol. The Labute approximate surface area is 115 Å². The van der Waals surface area contributed by atoms with Crippen LogP contribution in [-0.4, -0.2) is 39.1 Å². The van der Waals surface area contributed by atoms with Crippen LogP contribution in [0.5, 0.6) is 0 Å². The summed E-state index contributed by atoms with van der Waals surface area (Å²) in [6, 6.07) is 0. The highest BCUT2D eigenvalue weighted by Gasteiger charge is 2.40. The van der Waals surface area contributed by atoms with Crippen LogP contribution < -0.4 is 5.32 Å². The second-order valence-corrected chi connectivity index (χ2v) is 4.80. The average molecular weight is 273 g/mol. The Bertz CT molecular complexity index is 605. The first-order valence-corrected chi connectivity index (χ1v) is 6.38. The van der Waals surface area contributed by atoms with E-state index in [1.807, 2.05) is 0 Å². The van der Waals surface area contributed by atoms with E-state index < -0.39 is 5.54 Å². The zero-order valence-corrected chi connectivity index (χ0v) is 11.1. The Morgan fingerprint density at radius 1 is 1.50 bits per heavy atom. The number of imidazole rings is 1. The summed E-state index contributed by atoms with van der Waals surface area (Å²) in [5.41, 5.74) is 0.499. The van der Waals surface area contributed by atoms with Gasteiger partial charge in [-0.1, -0.05) is 0 Å². The molecule has 0 aliphatic carbocycles. The summed E-state index contributed by atoms with van der Waals surface area (Å²) in [6.45, 7) is 2.77. The van der Waals surface area contributed by atoms with Crippen molar-refractivity contribution in [1.82, 2.24) is 25.3 Å². The third-order valence-corrected chi connectivity index (χ3v) is 3.48. The number of nitrogens with one attached hydrogen (secondary N) is 2. The van der Waals surface area contributed by atoms with Gasteiger partial charge >= 0.3 is 0 Å². The number of nitrogens with zero attached hydrogens (tertiary/aromatic N) is 3. The Balaban J connectivity index is 1.88. The van der Waals surface area contributed by atoms with Gasteiger partial charge < -0.3 is 15.0 Å². The fourth-order valence-electron chi connectivity index (χ4n) is 2.33. The number of carbonyl (C=O) groups excluding carboxylic acids is 1. The van der Waals surface area contributed by atoms with Crippen LogP contribution in [0.25, 0.3) is 0 Å². The molecule has 1 atom stereocenters. The molecule has 7 nitrogen and oxygen atoms in total. The molecule has 0 saturated carbocycles. The first-order chi connectivity index (χ1) is 9.71. The molecular formula is C13H15N5O2. The van der Waals surface area contributed by atoms with Crippen molar-refractivity contribution >= 4 is 5.91 Å². The summed E-state index contributed by atoms with van der Waals surface area (Å²) in [4.78, 5) is 27.7. The molecule has 1 unspecified atom stereocenters. The summed E-state index contributed by atoms with van der Waals surface area (Å²) in [6.07, 6.45) is 7.02. The van der Waals surface area contributed by atoms with E-state index in [9.17, 15) is 4.79 Å². The van der Waals surface area contributed by atoms with Gasteiger partial charge in [0.05, 0.1) is 17.9 Å². The Morgan fingerprint density at radius 3 is 3.05 bits per heavy atom. The smallest absolute Gasteiger partial charge is 0.255 e. The molecule has 0 bridgehead atoms. The van der Waals surface area contributed by atoms with Crippen LogP contribution in [0.1, 0.15) is 28.3 Å². The minimum atomic E-state index is -0.608. The summed E-state index contributed by atoms with van der Waals surface area (Å²) >= 11 is 0. The number of rotatable bonds is 3. The summed E-state index contributed by atoms with van der Waals surface area (Å²) in [5.74, 6) is 0.489. The van der Waals surface area contributed by atoms with Gasteiger partial charge in [0, 0.05) is 31.6 Å². The standard InChI is InChI=1S/C13H15N5O2/c1-9-10(6-14-8-17-9)11(19)18-13(2-5-20-7-13)12-15-3-4-16-12/h3-4,6,8H,2,5,7H2,1H3,(H,15,16)(H,18,19). The molecule has 7 heteroatoms. The molecule has 1 amide bonds. The lowest BCUT2D eigenvalue weighted by molar-refractivity contribution is 0.0868. The maximum atomic E-state index is 12.4. The largest absolute Gasteiger partial charge is 0.378 e. The van der Waals surface area contributed by atoms with Crippen LogP contribution in [0.15, 0.2) is 24.9 Å². The normalized spacial score (nSPS) is 21.9. The zero-order chi connectivity index (χ0) is 14.0. The number of hydrogen-bond donors (Lipinski definition) is 2. The zero-order valence-electron chi connectivity index (χ0n) is 11.1. The molecule has 2 N–H and O–H groups in total. The maximum absolute atomic E-state index is 12.4. The minimum absolute atomic E-state index is 0.218. The second kappa shape index (κ2) is 5.01. The van der Waals surface area contributed by atoms with Crippen molar-refractivity contribution in [1.29, 1.82) is 0 Å². The molecule has 1 saturated heterocycles. The van der Waals surface area contributed by atoms with Gasteiger partial charge in [-0.2, -0.15) is 0 Å². The lowest BCUT2D eigenvalue weighted by Crippen LogP contribution is -2.47. The number of aromatic nitrogens is 4. The fourth-order valence-corrected chi connectivity index (χ4v) is 2.33. The Kier molecular flexibility index (Phi) is 3.19. The van der Waals surface area contributed by atoms with Crippen LogP contribution in [0.2, 0.25) is 0 Å². The quantitative estimate of drug-likeness (QED) is 0.852. The highest BCUT2D eigenvalue weighted by Crippen LogP contribution is 2.28. The van der Waals surface area contributed by atoms with E-state index in [1.165, 1.54) is 12.5 Å². The van der Waals surface area contributed by atoms with E-state index in [0.717, 1.165) is 0 Å². The summed E-state index contributed by atoms with van der Waals surface area (Å²) in [5, 5.41) is 3.01. The third kappa shape index (κ3) is 2.16. The number of aromatic amines is 1. The molecule has 3 heterocycles. The molecule has 104 valence electrons. The highest BCUT2D eigenvalue weighted by molar-refractivity contribution is 5.95. The summed E-state index contributed by atoms with van der Waals surface area (Å²) < 4.78 is 5.45. The maximum Gasteiger partial charge on any atom is 0.255 e. The molecule has 1 aliphatic rings. The topological polar surface area (TPSA) is 92.8 Å². The van der Waals surface area contributed by atoms with Crippen molar-refractivity contribution < 1.29 is 9.53 Å². The minimum Gasteiger partial charge on any atom is -0.378 e. The monoisotopic (exact) mass is 273 g/mol. The van der Waals surface area contributed by atoms with Crippen LogP contribution in [-0.2, 0) is 10.3 Å². The molecule has 0 radical (unpaired) electrons. The Morgan fingerprint density at radius 2 is 2.40 bits per heavy atom. The van der Waals surface area contributed by atoms with Gasteiger partial charge in [-0.3, -0.25) is 4.79 Å². The van der Waals surface area contributed by atoms with E-state index in [-0.39, 0.29) is 5.91 Å². The first kappa shape index (κ1) is 12.7. The SMILES string of the molecule is Cc1ncncc1C(=O)NC1(c2ncc[nH]2)CCOC1. The van der Waals surface area contributed by atoms with Crippen LogP contribution in [0.3, 0.4) is 0 Å². The predicted molar refractivity (Wildman–Crippen MR) is 69.9 cm³/mol. The lowest BCUT2D eigenvalue weighted by atomic mass is 9.97. The van der Waals surface area contributed by atoms with Gasteiger partial charge in [0.15, 0.2) is 0 Å². The molecule has 0 aromatic carbocycles. The first-order valence-electron chi connectivity index (χ1n) is 6.38. The van der Waals surface area contributed by atoms with E-state index in [4.69, 9.17) is 4.74 Å². The molecule has 2 aromatic rings. The van der Waals surface area contributed by atoms with Gasteiger partial charge in [-0.25, -0.2) is 15.0 Å². The van der Waals surface area contributed by atoms with Crippen LogP contribution in [0.4, 0.5) is 0 Å². The van der Waals surface area contributed by atoms with Gasteiger partial charge in [-0.05, 0) is 6.92 Å². The van der Waals surface area contributed by atoms with Gasteiger partial charge in [0.25, 0.3) is 5.91 Å². The van der Waals surface area contributed by atoms with E-state index in [1.54, 1.807) is 19.3 Å². The molecule has 1 aliphatic heterocycles. The second-order valence-electron chi connectivity index (χ2n) is 4.80. The number of amides is 1. The number of aryl methyl sites for hydroxylation is 1. The van der Waals surface area contributed by atoms with Gasteiger partial charge in [0.1, 0.15) is 17.7 Å². The number of H-pyrrole nitrogens is 1. The highest BCUT2D eigenvalue weighted by atomic mass is 16.5. The van der Waals surface area contributed by atoms with Gasteiger partial charge in [0.2, 0.25) is 0 Å².